The molecule has 1 aliphatic rings. The van der Waals surface area contributed by atoms with Gasteiger partial charge in [0.05, 0.1) is 30.5 Å². The summed E-state index contributed by atoms with van der Waals surface area (Å²) in [7, 11) is 0. The van der Waals surface area contributed by atoms with Crippen molar-refractivity contribution in [3.05, 3.63) is 101 Å². The maximum atomic E-state index is 13.9. The van der Waals surface area contributed by atoms with Crippen molar-refractivity contribution in [3.63, 3.8) is 0 Å². The minimum Gasteiger partial charge on any atom is -0.505 e. The zero-order valence-electron chi connectivity index (χ0n) is 26.6. The molecule has 0 bridgehead atoms. The van der Waals surface area contributed by atoms with E-state index < -0.39 is 17.7 Å². The number of carbonyl (C=O) groups is 2. The highest BCUT2D eigenvalue weighted by Gasteiger charge is 2.49. The van der Waals surface area contributed by atoms with Crippen LogP contribution in [0.25, 0.3) is 11.4 Å². The summed E-state index contributed by atoms with van der Waals surface area (Å²) in [6.07, 6.45) is 3.62. The Morgan fingerprint density at radius 3 is 2.57 bits per heavy atom. The predicted molar refractivity (Wildman–Crippen MR) is 183 cm³/mol. The second-order valence-corrected chi connectivity index (χ2v) is 13.3. The van der Waals surface area contributed by atoms with Crippen molar-refractivity contribution < 1.29 is 24.2 Å². The maximum absolute atomic E-state index is 13.9. The zero-order valence-corrected chi connectivity index (χ0v) is 28.2. The molecule has 3 aromatic heterocycles. The number of imidazole rings is 1. The summed E-state index contributed by atoms with van der Waals surface area (Å²) < 4.78 is 14.3. The van der Waals surface area contributed by atoms with Gasteiger partial charge in [0.25, 0.3) is 5.78 Å². The molecule has 5 aromatic rings. The molecule has 4 heterocycles. The summed E-state index contributed by atoms with van der Waals surface area (Å²) in [4.78, 5) is 33.7. The van der Waals surface area contributed by atoms with Gasteiger partial charge >= 0.3 is 5.91 Å². The summed E-state index contributed by atoms with van der Waals surface area (Å²) in [6, 6.07) is 18.0. The van der Waals surface area contributed by atoms with Crippen LogP contribution in [-0.2, 0) is 15.3 Å². The number of ketones is 1. The second-order valence-electron chi connectivity index (χ2n) is 11.1. The molecule has 1 atom stereocenters. The van der Waals surface area contributed by atoms with E-state index in [0.717, 1.165) is 18.4 Å². The molecular weight excluding hydrogens is 635 g/mol. The Balaban J connectivity index is 1.45. The first-order valence-electron chi connectivity index (χ1n) is 15.5. The van der Waals surface area contributed by atoms with Crippen molar-refractivity contribution in [3.8, 4) is 11.5 Å². The first kappa shape index (κ1) is 32.3. The van der Waals surface area contributed by atoms with Crippen LogP contribution >= 0.6 is 23.1 Å². The van der Waals surface area contributed by atoms with Crippen molar-refractivity contribution in [2.24, 2.45) is 0 Å². The van der Waals surface area contributed by atoms with Crippen LogP contribution < -0.4 is 14.4 Å². The molecule has 10 nitrogen and oxygen atoms in total. The molecule has 12 heteroatoms. The van der Waals surface area contributed by atoms with E-state index in [4.69, 9.17) is 9.47 Å². The third kappa shape index (κ3) is 6.48. The molecule has 47 heavy (non-hydrogen) atoms. The number of aromatic nitrogens is 4. The highest BCUT2D eigenvalue weighted by Crippen LogP contribution is 2.46. The number of ether oxygens (including phenoxy) is 2. The van der Waals surface area contributed by atoms with E-state index in [1.54, 1.807) is 35.7 Å². The van der Waals surface area contributed by atoms with Crippen LogP contribution in [0.3, 0.4) is 0 Å². The molecule has 0 radical (unpaired) electrons. The summed E-state index contributed by atoms with van der Waals surface area (Å²) in [5.74, 6) is -0.263. The van der Waals surface area contributed by atoms with E-state index in [1.165, 1.54) is 33.6 Å². The summed E-state index contributed by atoms with van der Waals surface area (Å²) in [5, 5.41) is 20.9. The number of anilines is 1. The van der Waals surface area contributed by atoms with Gasteiger partial charge in [0.2, 0.25) is 5.13 Å². The molecule has 0 saturated carbocycles. The van der Waals surface area contributed by atoms with E-state index >= 15 is 0 Å². The number of rotatable bonds is 12. The Kier molecular flexibility index (Phi) is 9.60. The van der Waals surface area contributed by atoms with Gasteiger partial charge in [-0.3, -0.25) is 18.9 Å². The first-order valence-corrected chi connectivity index (χ1v) is 17.3. The summed E-state index contributed by atoms with van der Waals surface area (Å²) in [6.45, 7) is 8.66. The van der Waals surface area contributed by atoms with Crippen molar-refractivity contribution in [1.29, 1.82) is 0 Å². The number of nitrogens with zero attached hydrogens (tertiary/aromatic N) is 5. The number of thioether (sulfide) groups is 1. The van der Waals surface area contributed by atoms with E-state index in [1.807, 2.05) is 32.0 Å². The van der Waals surface area contributed by atoms with E-state index in [0.29, 0.717) is 57.4 Å². The number of hydrogen-bond acceptors (Lipinski definition) is 10. The van der Waals surface area contributed by atoms with E-state index in [9.17, 15) is 14.7 Å². The molecule has 0 spiro atoms. The minimum atomic E-state index is -1.02. The van der Waals surface area contributed by atoms with Gasteiger partial charge in [0.15, 0.2) is 21.6 Å². The van der Waals surface area contributed by atoms with E-state index in [2.05, 4.69) is 46.4 Å². The molecule has 1 unspecified atom stereocenters. The number of hydrogen-bond donors (Lipinski definition) is 1. The number of carbonyl (C=O) groups excluding carboxylic acids is 2. The quantitative estimate of drug-likeness (QED) is 0.0365. The van der Waals surface area contributed by atoms with Crippen molar-refractivity contribution >= 4 is 51.3 Å². The molecule has 242 valence electrons. The maximum Gasteiger partial charge on any atom is 0.301 e. The molecule has 1 amide bonds. The van der Waals surface area contributed by atoms with Gasteiger partial charge in [-0.05, 0) is 62.6 Å². The number of benzene rings is 2. The number of aliphatic hydroxyl groups excluding tert-OH is 1. The van der Waals surface area contributed by atoms with E-state index in [-0.39, 0.29) is 16.5 Å². The largest absolute Gasteiger partial charge is 0.505 e. The summed E-state index contributed by atoms with van der Waals surface area (Å²) in [5.41, 5.74) is 4.23. The third-order valence-corrected chi connectivity index (χ3v) is 9.92. The predicted octanol–water partition coefficient (Wildman–Crippen LogP) is 7.30. The molecule has 1 N–H and O–H groups in total. The smallest absolute Gasteiger partial charge is 0.301 e. The van der Waals surface area contributed by atoms with Gasteiger partial charge in [-0.2, -0.15) is 0 Å². The Hall–Kier alpha value is -4.68. The van der Waals surface area contributed by atoms with Crippen LogP contribution in [0.5, 0.6) is 11.5 Å². The molecule has 1 aliphatic heterocycles. The molecule has 0 aliphatic carbocycles. The van der Waals surface area contributed by atoms with Crippen molar-refractivity contribution in [2.45, 2.75) is 56.7 Å². The monoisotopic (exact) mass is 669 g/mol. The average molecular weight is 670 g/mol. The Labute approximate surface area is 281 Å². The molecule has 2 aromatic carbocycles. The van der Waals surface area contributed by atoms with Crippen molar-refractivity contribution in [1.82, 2.24) is 19.6 Å². The first-order chi connectivity index (χ1) is 22.8. The number of amides is 1. The van der Waals surface area contributed by atoms with Gasteiger partial charge in [0.1, 0.15) is 11.3 Å². The average Bonchev–Trinajstić information content (AvgIpc) is 3.74. The fourth-order valence-electron chi connectivity index (χ4n) is 5.47. The van der Waals surface area contributed by atoms with Gasteiger partial charge in [0, 0.05) is 11.9 Å². The number of Topliss-reactive ketones (excluding diaryl/α,β-unsaturated/α-hetero) is 1. The van der Waals surface area contributed by atoms with Crippen LogP contribution in [0.2, 0.25) is 0 Å². The van der Waals surface area contributed by atoms with Gasteiger partial charge in [-0.1, -0.05) is 78.4 Å². The highest BCUT2D eigenvalue weighted by molar-refractivity contribution is 8.00. The lowest BCUT2D eigenvalue weighted by Gasteiger charge is -2.23. The Morgan fingerprint density at radius 1 is 1.00 bits per heavy atom. The SMILES string of the molecule is CCCCOc1ccc(C2/C(=C(\O)c3c(C)nc4ccccn34)C(=O)C(=O)N2c2nnc(SCc3ccc(C)cc3)s2)cc1OCC. The second kappa shape index (κ2) is 14.0. The highest BCUT2D eigenvalue weighted by atomic mass is 32.2. The standard InChI is InChI=1S/C35H35N5O5S2/c1-5-7-18-45-25-16-15-24(19-26(25)44-6-2)30-28(31(41)29-22(4)36-27-10-8-9-17-39(27)29)32(42)33(43)40(30)34-37-38-35(47-34)46-20-23-13-11-21(3)12-14-23/h8-17,19,30,41H,5-7,18,20H2,1-4H3/b31-28+. The molecular formula is C35H35N5O5S2. The van der Waals surface area contributed by atoms with Crippen LogP contribution in [0, 0.1) is 13.8 Å². The normalized spacial score (nSPS) is 15.9. The van der Waals surface area contributed by atoms with Crippen LogP contribution in [0.15, 0.2) is 76.8 Å². The number of aryl methyl sites for hydroxylation is 2. The Morgan fingerprint density at radius 2 is 1.81 bits per heavy atom. The lowest BCUT2D eigenvalue weighted by atomic mass is 9.96. The topological polar surface area (TPSA) is 119 Å². The number of unbranched alkanes of at least 4 members (excludes halogenated alkanes) is 1. The van der Waals surface area contributed by atoms with Crippen LogP contribution in [0.4, 0.5) is 5.13 Å². The third-order valence-electron chi connectivity index (χ3n) is 7.80. The minimum absolute atomic E-state index is 0.0742. The number of pyridine rings is 1. The van der Waals surface area contributed by atoms with Gasteiger partial charge in [-0.15, -0.1) is 10.2 Å². The molecule has 1 fully saturated rings. The van der Waals surface area contributed by atoms with Crippen LogP contribution in [-0.4, -0.2) is 49.6 Å². The fourth-order valence-corrected chi connectivity index (χ4v) is 7.29. The van der Waals surface area contributed by atoms with Crippen LogP contribution in [0.1, 0.15) is 60.8 Å². The Bertz CT molecular complexity index is 1970. The molecule has 6 rings (SSSR count). The zero-order chi connectivity index (χ0) is 33.1. The lowest BCUT2D eigenvalue weighted by Crippen LogP contribution is -2.29. The van der Waals surface area contributed by atoms with Crippen molar-refractivity contribution in [2.75, 3.05) is 18.1 Å². The summed E-state index contributed by atoms with van der Waals surface area (Å²) >= 11 is 2.72. The number of fused-ring (bicyclic) bond motifs is 1. The number of aliphatic hydroxyl groups is 1. The molecule has 1 saturated heterocycles. The van der Waals surface area contributed by atoms with Gasteiger partial charge in [-0.25, -0.2) is 4.98 Å². The van der Waals surface area contributed by atoms with Gasteiger partial charge < -0.3 is 14.6 Å². The lowest BCUT2D eigenvalue weighted by molar-refractivity contribution is -0.132. The fraction of sp³-hybridized carbons (Fsp3) is 0.286.